The smallest absolute Gasteiger partial charge is 0.270 e. The molecule has 0 aliphatic heterocycles. The Morgan fingerprint density at radius 1 is 1.28 bits per heavy atom. The second-order valence-corrected chi connectivity index (χ2v) is 5.52. The second-order valence-electron chi connectivity index (χ2n) is 3.17. The summed E-state index contributed by atoms with van der Waals surface area (Å²) in [4.78, 5) is 0. The third kappa shape index (κ3) is 5.19. The van der Waals surface area contributed by atoms with Crippen LogP contribution >= 0.6 is 15.9 Å². The molecule has 0 saturated heterocycles. The predicted molar refractivity (Wildman–Crippen MR) is 60.7 cm³/mol. The third-order valence-electron chi connectivity index (χ3n) is 1.64. The molecule has 0 radical (unpaired) electrons. The van der Waals surface area contributed by atoms with E-state index in [9.17, 15) is 26.0 Å². The Bertz CT molecular complexity index is 532. The lowest BCUT2D eigenvalue weighted by Gasteiger charge is -2.12. The van der Waals surface area contributed by atoms with E-state index in [1.165, 1.54) is 10.8 Å². The van der Waals surface area contributed by atoms with Crippen molar-refractivity contribution in [1.29, 1.82) is 0 Å². The maximum Gasteiger partial charge on any atom is 0.402 e. The van der Waals surface area contributed by atoms with Crippen LogP contribution in [0.25, 0.3) is 0 Å². The van der Waals surface area contributed by atoms with Crippen LogP contribution in [0.15, 0.2) is 22.7 Å². The fourth-order valence-corrected chi connectivity index (χ4v) is 2.29. The number of rotatable bonds is 4. The van der Waals surface area contributed by atoms with E-state index in [2.05, 4.69) is 15.9 Å². The molecule has 102 valence electrons. The van der Waals surface area contributed by atoms with Crippen molar-refractivity contribution in [2.75, 3.05) is 11.3 Å². The van der Waals surface area contributed by atoms with Gasteiger partial charge in [-0.3, -0.25) is 4.72 Å². The normalized spacial score (nSPS) is 12.5. The molecule has 2 N–H and O–H groups in total. The molecule has 0 bridgehead atoms. The van der Waals surface area contributed by atoms with Gasteiger partial charge in [-0.05, 0) is 34.1 Å². The van der Waals surface area contributed by atoms with Gasteiger partial charge in [0.2, 0.25) is 0 Å². The largest absolute Gasteiger partial charge is 0.402 e. The molecule has 4 nitrogen and oxygen atoms in total. The van der Waals surface area contributed by atoms with Crippen molar-refractivity contribution in [3.8, 4) is 0 Å². The molecule has 0 aromatic heterocycles. The standard InChI is InChI=1S/C8H7BrF4N2O2S/c9-6-2-1-5(10)3-7(6)15-18(16,17)14-4-8(11,12)13/h1-3,14-15H,4H2. The minimum absolute atomic E-state index is 0.196. The van der Waals surface area contributed by atoms with E-state index >= 15 is 0 Å². The topological polar surface area (TPSA) is 58.2 Å². The van der Waals surface area contributed by atoms with Crippen molar-refractivity contribution in [3.05, 3.63) is 28.5 Å². The van der Waals surface area contributed by atoms with Crippen molar-refractivity contribution >= 4 is 31.8 Å². The quantitative estimate of drug-likeness (QED) is 0.819. The van der Waals surface area contributed by atoms with Gasteiger partial charge in [-0.25, -0.2) is 4.39 Å². The van der Waals surface area contributed by atoms with Crippen molar-refractivity contribution < 1.29 is 26.0 Å². The molecule has 10 heteroatoms. The molecule has 0 aliphatic carbocycles. The Balaban J connectivity index is 2.80. The van der Waals surface area contributed by atoms with Crippen molar-refractivity contribution in [3.63, 3.8) is 0 Å². The maximum absolute atomic E-state index is 12.8. The fourth-order valence-electron chi connectivity index (χ4n) is 0.933. The second kappa shape index (κ2) is 5.41. The van der Waals surface area contributed by atoms with Gasteiger partial charge < -0.3 is 0 Å². The maximum atomic E-state index is 12.8. The molecule has 0 spiro atoms. The average molecular weight is 351 g/mol. The lowest BCUT2D eigenvalue weighted by molar-refractivity contribution is -0.121. The van der Waals surface area contributed by atoms with Crippen LogP contribution in [0.5, 0.6) is 0 Å². The summed E-state index contributed by atoms with van der Waals surface area (Å²) >= 11 is 2.93. The van der Waals surface area contributed by atoms with Gasteiger partial charge in [0.05, 0.1) is 5.69 Å². The average Bonchev–Trinajstić information content (AvgIpc) is 2.20. The molecule has 1 aromatic carbocycles. The summed E-state index contributed by atoms with van der Waals surface area (Å²) < 4.78 is 74.1. The van der Waals surface area contributed by atoms with E-state index in [4.69, 9.17) is 0 Å². The minimum Gasteiger partial charge on any atom is -0.270 e. The number of hydrogen-bond acceptors (Lipinski definition) is 2. The number of halogens is 5. The third-order valence-corrected chi connectivity index (χ3v) is 3.34. The molecule has 1 aromatic rings. The molecule has 0 unspecified atom stereocenters. The van der Waals surface area contributed by atoms with E-state index in [0.717, 1.165) is 12.1 Å². The van der Waals surface area contributed by atoms with Crippen LogP contribution in [0.4, 0.5) is 23.2 Å². The highest BCUT2D eigenvalue weighted by Gasteiger charge is 2.29. The van der Waals surface area contributed by atoms with Gasteiger partial charge in [-0.15, -0.1) is 0 Å². The van der Waals surface area contributed by atoms with Crippen LogP contribution in [-0.4, -0.2) is 21.1 Å². The summed E-state index contributed by atoms with van der Waals surface area (Å²) in [6.45, 7) is -1.71. The van der Waals surface area contributed by atoms with Crippen LogP contribution in [0.3, 0.4) is 0 Å². The number of benzene rings is 1. The Kier molecular flexibility index (Phi) is 4.56. The molecule has 0 heterocycles. The van der Waals surface area contributed by atoms with Gasteiger partial charge in [0.25, 0.3) is 10.2 Å². The molecule has 0 aliphatic rings. The molecule has 0 saturated carbocycles. The van der Waals surface area contributed by atoms with Crippen LogP contribution < -0.4 is 9.44 Å². The van der Waals surface area contributed by atoms with E-state index < -0.39 is 28.7 Å². The number of nitrogens with one attached hydrogen (secondary N) is 2. The summed E-state index contributed by atoms with van der Waals surface area (Å²) in [6, 6.07) is 3.11. The van der Waals surface area contributed by atoms with Crippen LogP contribution in [0.2, 0.25) is 0 Å². The lowest BCUT2D eigenvalue weighted by Crippen LogP contribution is -2.37. The Morgan fingerprint density at radius 2 is 1.89 bits per heavy atom. The monoisotopic (exact) mass is 350 g/mol. The molecule has 1 rings (SSSR count). The molecule has 18 heavy (non-hydrogen) atoms. The van der Waals surface area contributed by atoms with E-state index in [1.807, 2.05) is 0 Å². The SMILES string of the molecule is O=S(=O)(NCC(F)(F)F)Nc1cc(F)ccc1Br. The molecule has 0 amide bonds. The predicted octanol–water partition coefficient (Wildman–Crippen LogP) is 2.40. The van der Waals surface area contributed by atoms with Gasteiger partial charge in [0, 0.05) is 4.47 Å². The number of alkyl halides is 3. The highest BCUT2D eigenvalue weighted by molar-refractivity contribution is 9.10. The summed E-state index contributed by atoms with van der Waals surface area (Å²) in [6.07, 6.45) is -4.67. The lowest BCUT2D eigenvalue weighted by atomic mass is 10.3. The van der Waals surface area contributed by atoms with Gasteiger partial charge in [-0.2, -0.15) is 26.3 Å². The molecule has 0 fully saturated rings. The van der Waals surface area contributed by atoms with E-state index in [-0.39, 0.29) is 10.2 Å². The first-order valence-corrected chi connectivity index (χ1v) is 6.66. The first kappa shape index (κ1) is 15.2. The van der Waals surface area contributed by atoms with E-state index in [1.54, 1.807) is 4.72 Å². The highest BCUT2D eigenvalue weighted by atomic mass is 79.9. The highest BCUT2D eigenvalue weighted by Crippen LogP contribution is 2.24. The zero-order valence-corrected chi connectivity index (χ0v) is 11.0. The van der Waals surface area contributed by atoms with E-state index in [0.29, 0.717) is 0 Å². The van der Waals surface area contributed by atoms with Crippen molar-refractivity contribution in [2.45, 2.75) is 6.18 Å². The first-order chi connectivity index (χ1) is 8.09. The zero-order chi connectivity index (χ0) is 14.0. The summed E-state index contributed by atoms with van der Waals surface area (Å²) in [5.41, 5.74) is -0.204. The summed E-state index contributed by atoms with van der Waals surface area (Å²) in [5, 5.41) is 0. The van der Waals surface area contributed by atoms with Crippen LogP contribution in [-0.2, 0) is 10.2 Å². The summed E-state index contributed by atoms with van der Waals surface area (Å²) in [7, 11) is -4.42. The summed E-state index contributed by atoms with van der Waals surface area (Å²) in [5.74, 6) is -0.730. The minimum atomic E-state index is -4.67. The first-order valence-electron chi connectivity index (χ1n) is 4.38. The van der Waals surface area contributed by atoms with Crippen molar-refractivity contribution in [2.24, 2.45) is 0 Å². The van der Waals surface area contributed by atoms with Crippen LogP contribution in [0.1, 0.15) is 0 Å². The van der Waals surface area contributed by atoms with Gasteiger partial charge in [0.15, 0.2) is 0 Å². The van der Waals surface area contributed by atoms with Gasteiger partial charge in [-0.1, -0.05) is 0 Å². The molecular formula is C8H7BrF4N2O2S. The number of anilines is 1. The van der Waals surface area contributed by atoms with Gasteiger partial charge >= 0.3 is 6.18 Å². The molecule has 0 atom stereocenters. The Morgan fingerprint density at radius 3 is 2.44 bits per heavy atom. The Hall–Kier alpha value is -0.870. The number of hydrogen-bond donors (Lipinski definition) is 2. The van der Waals surface area contributed by atoms with Crippen LogP contribution in [0, 0.1) is 5.82 Å². The zero-order valence-electron chi connectivity index (χ0n) is 8.55. The van der Waals surface area contributed by atoms with Gasteiger partial charge in [0.1, 0.15) is 12.4 Å². The fraction of sp³-hybridized carbons (Fsp3) is 0.250. The van der Waals surface area contributed by atoms with Crippen molar-refractivity contribution in [1.82, 2.24) is 4.72 Å². The Labute approximate surface area is 109 Å². The molecular weight excluding hydrogens is 344 g/mol.